The van der Waals surface area contributed by atoms with Gasteiger partial charge in [-0.3, -0.25) is 4.79 Å². The van der Waals surface area contributed by atoms with Crippen molar-refractivity contribution in [3.05, 3.63) is 11.8 Å². The van der Waals surface area contributed by atoms with E-state index < -0.39 is 25.6 Å². The van der Waals surface area contributed by atoms with Crippen LogP contribution in [0.4, 0.5) is 10.6 Å². The molecule has 0 saturated carbocycles. The van der Waals surface area contributed by atoms with Crippen LogP contribution in [-0.2, 0) is 9.16 Å². The third-order valence-corrected chi connectivity index (χ3v) is 10.2. The summed E-state index contributed by atoms with van der Waals surface area (Å²) in [5, 5.41) is 6.61. The van der Waals surface area contributed by atoms with E-state index in [1.165, 1.54) is 18.0 Å². The fourth-order valence-corrected chi connectivity index (χ4v) is 4.47. The average molecular weight is 471 g/mol. The predicted octanol–water partition coefficient (Wildman–Crippen LogP) is 4.73. The van der Waals surface area contributed by atoms with Crippen LogP contribution in [-0.4, -0.2) is 61.2 Å². The van der Waals surface area contributed by atoms with Crippen molar-refractivity contribution < 1.29 is 18.8 Å². The molecule has 2 N–H and O–H groups in total. The minimum absolute atomic E-state index is 0.0188. The van der Waals surface area contributed by atoms with Crippen molar-refractivity contribution in [1.29, 1.82) is 0 Å². The van der Waals surface area contributed by atoms with Crippen molar-refractivity contribution >= 4 is 38.3 Å². The molecule has 1 aromatic rings. The van der Waals surface area contributed by atoms with Gasteiger partial charge in [-0.15, -0.1) is 0 Å². The van der Waals surface area contributed by atoms with Crippen LogP contribution in [0.1, 0.15) is 58.8 Å². The topological polar surface area (TPSA) is 102 Å². The third kappa shape index (κ3) is 8.78. The summed E-state index contributed by atoms with van der Waals surface area (Å²) in [6.45, 7) is 18.8. The summed E-state index contributed by atoms with van der Waals surface area (Å²) in [4.78, 5) is 32.2. The van der Waals surface area contributed by atoms with Crippen molar-refractivity contribution in [2.45, 2.75) is 83.0 Å². The Morgan fingerprint density at radius 2 is 1.77 bits per heavy atom. The van der Waals surface area contributed by atoms with Gasteiger partial charge >= 0.3 is 6.09 Å². The number of carbonyl (C=O) groups excluding carboxylic acids is 2. The zero-order valence-corrected chi connectivity index (χ0v) is 22.3. The lowest BCUT2D eigenvalue weighted by atomic mass is 10.1. The Kier molecular flexibility index (Phi) is 9.11. The van der Waals surface area contributed by atoms with Crippen LogP contribution in [0.3, 0.4) is 0 Å². The fourth-order valence-electron chi connectivity index (χ4n) is 2.45. The quantitative estimate of drug-likeness (QED) is 0.231. The lowest BCUT2D eigenvalue weighted by Gasteiger charge is -2.44. The highest BCUT2D eigenvalue weighted by molar-refractivity contribution is 7.98. The van der Waals surface area contributed by atoms with Gasteiger partial charge in [0.2, 0.25) is 0 Å². The SMILES string of the molecule is CSc1ncc(C=O)c(NCC(C)(CNC(=O)OC(C)(C)C)O[Si](C)(C)C(C)(C)C)n1. The predicted molar refractivity (Wildman–Crippen MR) is 129 cm³/mol. The van der Waals surface area contributed by atoms with Crippen LogP contribution >= 0.6 is 11.8 Å². The van der Waals surface area contributed by atoms with Gasteiger partial charge in [-0.05, 0) is 52.1 Å². The summed E-state index contributed by atoms with van der Waals surface area (Å²) in [5.74, 6) is 0.441. The number of aldehydes is 1. The summed E-state index contributed by atoms with van der Waals surface area (Å²) >= 11 is 1.39. The van der Waals surface area contributed by atoms with Crippen molar-refractivity contribution in [3.63, 3.8) is 0 Å². The number of carbonyl (C=O) groups is 2. The summed E-state index contributed by atoms with van der Waals surface area (Å²) in [5.41, 5.74) is -0.981. The minimum atomic E-state index is -2.18. The summed E-state index contributed by atoms with van der Waals surface area (Å²) < 4.78 is 12.1. The summed E-state index contributed by atoms with van der Waals surface area (Å²) in [6, 6.07) is 0. The number of aromatic nitrogens is 2. The number of amides is 1. The van der Waals surface area contributed by atoms with Crippen LogP contribution in [0, 0.1) is 0 Å². The number of rotatable bonds is 9. The molecule has 10 heteroatoms. The highest BCUT2D eigenvalue weighted by atomic mass is 32.2. The van der Waals surface area contributed by atoms with Crippen molar-refractivity contribution in [3.8, 4) is 0 Å². The third-order valence-electron chi connectivity index (χ3n) is 5.05. The fraction of sp³-hybridized carbons (Fsp3) is 0.714. The standard InChI is InChI=1S/C21H38N4O4SSi/c1-19(2,3)28-18(27)24-14-21(7,29-31(9,10)20(4,5)6)13-23-16-15(12-26)11-22-17(25-16)30-8/h11-12H,13-14H2,1-10H3,(H,24,27)(H,22,23,25). The second-order valence-corrected chi connectivity index (χ2v) is 15.8. The van der Waals surface area contributed by atoms with E-state index in [0.717, 1.165) is 6.29 Å². The summed E-state index contributed by atoms with van der Waals surface area (Å²) in [6.07, 6.45) is 3.59. The van der Waals surface area contributed by atoms with Gasteiger partial charge in [-0.2, -0.15) is 0 Å². The Bertz CT molecular complexity index is 778. The average Bonchev–Trinajstić information content (AvgIpc) is 2.62. The Morgan fingerprint density at radius 1 is 1.16 bits per heavy atom. The number of anilines is 1. The Hall–Kier alpha value is -1.65. The maximum atomic E-state index is 12.3. The molecule has 31 heavy (non-hydrogen) atoms. The van der Waals surface area contributed by atoms with Gasteiger partial charge in [0.15, 0.2) is 19.8 Å². The Balaban J connectivity index is 3.10. The van der Waals surface area contributed by atoms with E-state index in [9.17, 15) is 9.59 Å². The van der Waals surface area contributed by atoms with Gasteiger partial charge in [-0.25, -0.2) is 14.8 Å². The number of hydrogen-bond acceptors (Lipinski definition) is 8. The number of ether oxygens (including phenoxy) is 1. The maximum absolute atomic E-state index is 12.3. The van der Waals surface area contributed by atoms with Gasteiger partial charge in [0.1, 0.15) is 11.4 Å². The second-order valence-electron chi connectivity index (χ2n) is 10.3. The normalized spacial score (nSPS) is 14.5. The monoisotopic (exact) mass is 470 g/mol. The maximum Gasteiger partial charge on any atom is 0.407 e. The van der Waals surface area contributed by atoms with Gasteiger partial charge in [0, 0.05) is 12.7 Å². The van der Waals surface area contributed by atoms with E-state index in [-0.39, 0.29) is 11.6 Å². The number of thioether (sulfide) groups is 1. The molecule has 0 spiro atoms. The highest BCUT2D eigenvalue weighted by Crippen LogP contribution is 2.39. The molecule has 0 aliphatic carbocycles. The first kappa shape index (κ1) is 27.4. The van der Waals surface area contributed by atoms with Gasteiger partial charge in [-0.1, -0.05) is 32.5 Å². The molecule has 0 aromatic carbocycles. The van der Waals surface area contributed by atoms with Gasteiger partial charge in [0.25, 0.3) is 0 Å². The van der Waals surface area contributed by atoms with Crippen LogP contribution in [0.5, 0.6) is 0 Å². The molecule has 8 nitrogen and oxygen atoms in total. The molecule has 0 saturated heterocycles. The second kappa shape index (κ2) is 10.3. The number of nitrogens with zero attached hydrogens (tertiary/aromatic N) is 2. The van der Waals surface area contributed by atoms with E-state index in [0.29, 0.717) is 23.1 Å². The molecular formula is C21H38N4O4SSi. The number of alkyl carbamates (subject to hydrolysis) is 1. The minimum Gasteiger partial charge on any atom is -0.444 e. The molecular weight excluding hydrogens is 432 g/mol. The zero-order chi connectivity index (χ0) is 24.1. The molecule has 1 atom stereocenters. The largest absolute Gasteiger partial charge is 0.444 e. The lowest BCUT2D eigenvalue weighted by molar-refractivity contribution is 0.0408. The molecule has 0 fully saturated rings. The molecule has 1 aromatic heterocycles. The Morgan fingerprint density at radius 3 is 2.26 bits per heavy atom. The zero-order valence-electron chi connectivity index (χ0n) is 20.5. The first-order valence-electron chi connectivity index (χ1n) is 10.3. The molecule has 176 valence electrons. The van der Waals surface area contributed by atoms with Crippen molar-refractivity contribution in [2.24, 2.45) is 0 Å². The van der Waals surface area contributed by atoms with E-state index in [2.05, 4.69) is 54.5 Å². The molecule has 0 radical (unpaired) electrons. The molecule has 0 aliphatic heterocycles. The summed E-state index contributed by atoms with van der Waals surface area (Å²) in [7, 11) is -2.18. The molecule has 1 rings (SSSR count). The number of hydrogen-bond donors (Lipinski definition) is 2. The molecule has 0 bridgehead atoms. The van der Waals surface area contributed by atoms with Crippen molar-refractivity contribution in [2.75, 3.05) is 24.7 Å². The van der Waals surface area contributed by atoms with Gasteiger partial charge < -0.3 is 19.8 Å². The molecule has 0 aliphatic rings. The van der Waals surface area contributed by atoms with Crippen LogP contribution < -0.4 is 10.6 Å². The molecule has 1 heterocycles. The first-order valence-corrected chi connectivity index (χ1v) is 14.4. The van der Waals surface area contributed by atoms with Crippen molar-refractivity contribution in [1.82, 2.24) is 15.3 Å². The van der Waals surface area contributed by atoms with E-state index in [1.54, 1.807) is 0 Å². The van der Waals surface area contributed by atoms with Crippen LogP contribution in [0.25, 0.3) is 0 Å². The van der Waals surface area contributed by atoms with E-state index >= 15 is 0 Å². The molecule has 1 amide bonds. The lowest BCUT2D eigenvalue weighted by Crippen LogP contribution is -2.56. The van der Waals surface area contributed by atoms with Crippen LogP contribution in [0.15, 0.2) is 11.4 Å². The Labute approximate surface area is 191 Å². The van der Waals surface area contributed by atoms with E-state index in [1.807, 2.05) is 34.0 Å². The van der Waals surface area contributed by atoms with E-state index in [4.69, 9.17) is 9.16 Å². The number of nitrogens with one attached hydrogen (secondary N) is 2. The highest BCUT2D eigenvalue weighted by Gasteiger charge is 2.43. The van der Waals surface area contributed by atoms with Crippen LogP contribution in [0.2, 0.25) is 18.1 Å². The first-order chi connectivity index (χ1) is 14.0. The smallest absolute Gasteiger partial charge is 0.407 e. The van der Waals surface area contributed by atoms with Gasteiger partial charge in [0.05, 0.1) is 17.7 Å². The molecule has 1 unspecified atom stereocenters.